The molecule has 2 aliphatic rings. The molecule has 160 valence electrons. The molecule has 0 saturated heterocycles. The SMILES string of the molecule is Cc1c(-c2ccc(N)c(C#N)c2)ccc2c3oc(C4CC(N)C4)nc3c(=O)n(C3CC3)c12. The highest BCUT2D eigenvalue weighted by molar-refractivity contribution is 6.04. The van der Waals surface area contributed by atoms with Gasteiger partial charge in [0.2, 0.25) is 0 Å². The molecule has 0 aliphatic heterocycles. The summed E-state index contributed by atoms with van der Waals surface area (Å²) < 4.78 is 8.08. The molecule has 2 saturated carbocycles. The molecule has 0 spiro atoms. The minimum Gasteiger partial charge on any atom is -0.439 e. The van der Waals surface area contributed by atoms with Gasteiger partial charge in [-0.25, -0.2) is 4.98 Å². The molecular weight excluding hydrogens is 402 g/mol. The number of nitrogens with two attached hydrogens (primary N) is 2. The summed E-state index contributed by atoms with van der Waals surface area (Å²) in [5.74, 6) is 0.799. The molecule has 7 heteroatoms. The van der Waals surface area contributed by atoms with Crippen LogP contribution in [0.25, 0.3) is 33.1 Å². The van der Waals surface area contributed by atoms with Crippen LogP contribution in [0.3, 0.4) is 0 Å². The lowest BCUT2D eigenvalue weighted by Crippen LogP contribution is -2.34. The quantitative estimate of drug-likeness (QED) is 0.476. The van der Waals surface area contributed by atoms with Crippen LogP contribution in [0.4, 0.5) is 5.69 Å². The van der Waals surface area contributed by atoms with E-state index in [1.165, 1.54) is 0 Å². The highest BCUT2D eigenvalue weighted by atomic mass is 16.3. The molecule has 7 nitrogen and oxygen atoms in total. The zero-order chi connectivity index (χ0) is 22.1. The number of fused-ring (bicyclic) bond motifs is 3. The van der Waals surface area contributed by atoms with Crippen LogP contribution in [0.15, 0.2) is 39.5 Å². The molecule has 32 heavy (non-hydrogen) atoms. The van der Waals surface area contributed by atoms with Crippen molar-refractivity contribution >= 4 is 27.7 Å². The summed E-state index contributed by atoms with van der Waals surface area (Å²) in [5, 5.41) is 10.3. The lowest BCUT2D eigenvalue weighted by atomic mass is 9.81. The van der Waals surface area contributed by atoms with Gasteiger partial charge in [-0.05, 0) is 67.5 Å². The van der Waals surface area contributed by atoms with Gasteiger partial charge >= 0.3 is 0 Å². The Bertz CT molecular complexity index is 1510. The number of hydrogen-bond acceptors (Lipinski definition) is 6. The fourth-order valence-corrected chi connectivity index (χ4v) is 4.93. The number of anilines is 1. The number of benzene rings is 2. The normalized spacial score (nSPS) is 20.4. The van der Waals surface area contributed by atoms with Crippen molar-refractivity contribution in [3.8, 4) is 17.2 Å². The van der Waals surface area contributed by atoms with Gasteiger partial charge in [-0.1, -0.05) is 12.1 Å². The van der Waals surface area contributed by atoms with Crippen molar-refractivity contribution in [2.24, 2.45) is 5.73 Å². The first-order chi connectivity index (χ1) is 15.5. The Balaban J connectivity index is 1.63. The number of hydrogen-bond donors (Lipinski definition) is 2. The average Bonchev–Trinajstić information content (AvgIpc) is 3.50. The van der Waals surface area contributed by atoms with E-state index in [0.29, 0.717) is 28.2 Å². The van der Waals surface area contributed by atoms with Crippen molar-refractivity contribution < 1.29 is 4.42 Å². The third-order valence-corrected chi connectivity index (χ3v) is 6.90. The standard InChI is InChI=1S/C25H23N5O2/c1-12-18(13-2-7-20(28)15(8-13)11-26)5-6-19-22(12)30(17-3-4-17)25(31)21-23(19)32-24(29-21)14-9-16(27)10-14/h2,5-8,14,16-17H,3-4,9-10,27-28H2,1H3. The zero-order valence-electron chi connectivity index (χ0n) is 17.8. The van der Waals surface area contributed by atoms with E-state index in [4.69, 9.17) is 15.9 Å². The highest BCUT2D eigenvalue weighted by Gasteiger charge is 2.34. The average molecular weight is 425 g/mol. The van der Waals surface area contributed by atoms with Crippen molar-refractivity contribution in [2.45, 2.75) is 50.6 Å². The van der Waals surface area contributed by atoms with Crippen LogP contribution >= 0.6 is 0 Å². The molecule has 4 aromatic rings. The predicted octanol–water partition coefficient (Wildman–Crippen LogP) is 4.11. The van der Waals surface area contributed by atoms with Gasteiger partial charge < -0.3 is 20.5 Å². The summed E-state index contributed by atoms with van der Waals surface area (Å²) >= 11 is 0. The third kappa shape index (κ3) is 2.69. The molecular formula is C25H23N5O2. The van der Waals surface area contributed by atoms with Gasteiger partial charge in [0.25, 0.3) is 5.56 Å². The maximum atomic E-state index is 13.5. The second-order valence-electron chi connectivity index (χ2n) is 9.11. The molecule has 6 rings (SSSR count). The van der Waals surface area contributed by atoms with Gasteiger partial charge in [-0.15, -0.1) is 0 Å². The number of pyridine rings is 1. The molecule has 2 heterocycles. The second kappa shape index (κ2) is 6.68. The van der Waals surface area contributed by atoms with Crippen LogP contribution in [0.2, 0.25) is 0 Å². The Hall–Kier alpha value is -3.63. The van der Waals surface area contributed by atoms with Crippen LogP contribution in [0.5, 0.6) is 0 Å². The first kappa shape index (κ1) is 19.1. The van der Waals surface area contributed by atoms with Crippen LogP contribution in [-0.2, 0) is 0 Å². The van der Waals surface area contributed by atoms with E-state index in [-0.39, 0.29) is 23.6 Å². The molecule has 4 N–H and O–H groups in total. The number of aryl methyl sites for hydroxylation is 1. The largest absolute Gasteiger partial charge is 0.439 e. The van der Waals surface area contributed by atoms with Crippen LogP contribution < -0.4 is 17.0 Å². The Morgan fingerprint density at radius 1 is 1.22 bits per heavy atom. The van der Waals surface area contributed by atoms with E-state index in [1.54, 1.807) is 12.1 Å². The Morgan fingerprint density at radius 2 is 2.00 bits per heavy atom. The van der Waals surface area contributed by atoms with Gasteiger partial charge in [0.05, 0.1) is 11.1 Å². The van der Waals surface area contributed by atoms with Crippen molar-refractivity contribution in [2.75, 3.05) is 5.73 Å². The predicted molar refractivity (Wildman–Crippen MR) is 123 cm³/mol. The fraction of sp³-hybridized carbons (Fsp3) is 0.320. The van der Waals surface area contributed by atoms with Crippen molar-refractivity contribution in [1.29, 1.82) is 5.26 Å². The van der Waals surface area contributed by atoms with Crippen LogP contribution in [-0.4, -0.2) is 15.6 Å². The number of nitrogens with zero attached hydrogens (tertiary/aromatic N) is 3. The lowest BCUT2D eigenvalue weighted by Gasteiger charge is -2.29. The number of nitriles is 1. The molecule has 0 bridgehead atoms. The zero-order valence-corrected chi connectivity index (χ0v) is 17.8. The van der Waals surface area contributed by atoms with E-state index >= 15 is 0 Å². The highest BCUT2D eigenvalue weighted by Crippen LogP contribution is 2.42. The lowest BCUT2D eigenvalue weighted by molar-refractivity contribution is 0.299. The van der Waals surface area contributed by atoms with E-state index < -0.39 is 0 Å². The van der Waals surface area contributed by atoms with Gasteiger partial charge in [0.1, 0.15) is 6.07 Å². The van der Waals surface area contributed by atoms with Gasteiger partial charge in [0.15, 0.2) is 17.0 Å². The number of rotatable bonds is 3. The molecule has 2 fully saturated rings. The first-order valence-corrected chi connectivity index (χ1v) is 11.0. The van der Waals surface area contributed by atoms with E-state index in [2.05, 4.69) is 11.1 Å². The summed E-state index contributed by atoms with van der Waals surface area (Å²) in [6.07, 6.45) is 3.63. The Morgan fingerprint density at radius 3 is 2.69 bits per heavy atom. The maximum Gasteiger partial charge on any atom is 0.281 e. The minimum atomic E-state index is -0.0936. The van der Waals surface area contributed by atoms with Crippen LogP contribution in [0, 0.1) is 18.3 Å². The molecule has 0 amide bonds. The smallest absolute Gasteiger partial charge is 0.281 e. The minimum absolute atomic E-state index is 0.0936. The Kier molecular flexibility index (Phi) is 3.99. The van der Waals surface area contributed by atoms with Crippen LogP contribution in [0.1, 0.15) is 54.7 Å². The van der Waals surface area contributed by atoms with E-state index in [9.17, 15) is 10.1 Å². The van der Waals surface area contributed by atoms with Crippen molar-refractivity contribution in [3.05, 3.63) is 57.7 Å². The summed E-state index contributed by atoms with van der Waals surface area (Å²) in [4.78, 5) is 18.2. The monoisotopic (exact) mass is 425 g/mol. The number of nitrogen functional groups attached to an aromatic ring is 1. The Labute approximate surface area is 184 Å². The summed E-state index contributed by atoms with van der Waals surface area (Å²) in [7, 11) is 0. The second-order valence-corrected chi connectivity index (χ2v) is 9.11. The summed E-state index contributed by atoms with van der Waals surface area (Å²) in [6.45, 7) is 2.02. The number of aromatic nitrogens is 2. The fourth-order valence-electron chi connectivity index (χ4n) is 4.93. The summed E-state index contributed by atoms with van der Waals surface area (Å²) in [6, 6.07) is 12.0. The van der Waals surface area contributed by atoms with Gasteiger partial charge in [0, 0.05) is 29.1 Å². The third-order valence-electron chi connectivity index (χ3n) is 6.90. The first-order valence-electron chi connectivity index (χ1n) is 11.0. The van der Waals surface area contributed by atoms with Gasteiger partial charge in [-0.3, -0.25) is 4.79 Å². The molecule has 2 aromatic carbocycles. The van der Waals surface area contributed by atoms with E-state index in [1.807, 2.05) is 29.7 Å². The van der Waals surface area contributed by atoms with Crippen molar-refractivity contribution in [3.63, 3.8) is 0 Å². The van der Waals surface area contributed by atoms with Crippen molar-refractivity contribution in [1.82, 2.24) is 9.55 Å². The van der Waals surface area contributed by atoms with Gasteiger partial charge in [-0.2, -0.15) is 5.26 Å². The molecule has 2 aromatic heterocycles. The molecule has 0 radical (unpaired) electrons. The molecule has 0 atom stereocenters. The number of oxazole rings is 1. The maximum absolute atomic E-state index is 13.5. The molecule has 0 unspecified atom stereocenters. The topological polar surface area (TPSA) is 124 Å². The summed E-state index contributed by atoms with van der Waals surface area (Å²) in [5.41, 5.74) is 17.4. The van der Waals surface area contributed by atoms with E-state index in [0.717, 1.165) is 53.3 Å². The molecule has 2 aliphatic carbocycles.